The molecular formula is C64H79N3O20. The topological polar surface area (TPSA) is 391 Å². The Morgan fingerprint density at radius 2 is 0.747 bits per heavy atom. The Bertz CT molecular complexity index is 3130. The van der Waals surface area contributed by atoms with Crippen molar-refractivity contribution in [2.24, 2.45) is 0 Å². The van der Waals surface area contributed by atoms with Crippen molar-refractivity contribution in [3.05, 3.63) is 223 Å². The van der Waals surface area contributed by atoms with E-state index >= 15 is 0 Å². The van der Waals surface area contributed by atoms with Crippen LogP contribution in [0.1, 0.15) is 192 Å². The van der Waals surface area contributed by atoms with Gasteiger partial charge in [0, 0.05) is 41.3 Å². The van der Waals surface area contributed by atoms with Gasteiger partial charge in [-0.2, -0.15) is 0 Å². The van der Waals surface area contributed by atoms with Crippen molar-refractivity contribution >= 4 is 58.8 Å². The first kappa shape index (κ1) is 78.9. The fraction of sp³-hybridized carbons (Fsp3) is 0.328. The summed E-state index contributed by atoms with van der Waals surface area (Å²) in [6.07, 6.45) is 12.9. The molecule has 6 rings (SSSR count). The first-order valence-corrected chi connectivity index (χ1v) is 26.8. The Morgan fingerprint density at radius 3 is 1.09 bits per heavy atom. The van der Waals surface area contributed by atoms with Gasteiger partial charge < -0.3 is 35.7 Å². The minimum atomic E-state index is -1.16. The number of carboxylic acids is 7. The quantitative estimate of drug-likeness (QED) is 0.0212. The first-order valence-electron chi connectivity index (χ1n) is 26.8. The lowest BCUT2D eigenvalue weighted by Gasteiger charge is -2.03. The Balaban J connectivity index is 0. The van der Waals surface area contributed by atoms with E-state index in [1.54, 1.807) is 88.4 Å². The van der Waals surface area contributed by atoms with Gasteiger partial charge in [0.1, 0.15) is 0 Å². The summed E-state index contributed by atoms with van der Waals surface area (Å²) in [6.45, 7) is 15.5. The standard InChI is InChI=1S/C13H26O2.2C9H9NO4.C8H7NO4.3C8H8O2.CH4/c1-2-3-4-5-6-7-8-9-10-11-12-13(14)15;2*1-5-3-7(9(11)12)6(2)8(4-5)10(13)14;1-5-2-3-6(8(10)11)4-7(5)9(12)13;1-6-2-4-7(5-3-6)8(9)10;1-6-3-2-4-7(5-6)8(9)10;1-6-4-2-3-5-7(6)8(9)10;/h2-12H2,1H3,(H,14,15);2*3-4H,1-2H3,(H,11,12);2-4H,1H3,(H,10,11);3*2-5H,1H3,(H,9,10);1H4. The molecule has 0 bridgehead atoms. The van der Waals surface area contributed by atoms with Crippen molar-refractivity contribution < 1.29 is 84.1 Å². The predicted molar refractivity (Wildman–Crippen MR) is 329 cm³/mol. The van der Waals surface area contributed by atoms with Crippen LogP contribution in [0.5, 0.6) is 0 Å². The Labute approximate surface area is 505 Å². The Hall–Kier alpha value is -10.2. The van der Waals surface area contributed by atoms with Gasteiger partial charge in [-0.25, -0.2) is 28.8 Å². The van der Waals surface area contributed by atoms with E-state index in [9.17, 15) is 63.9 Å². The second kappa shape index (κ2) is 41.7. The van der Waals surface area contributed by atoms with Crippen LogP contribution >= 0.6 is 0 Å². The molecule has 23 heteroatoms. The summed E-state index contributed by atoms with van der Waals surface area (Å²) in [5.74, 6) is -6.72. The van der Waals surface area contributed by atoms with Gasteiger partial charge in [0.25, 0.3) is 17.1 Å². The Morgan fingerprint density at radius 1 is 0.356 bits per heavy atom. The SMILES string of the molecule is C.CCCCCCCCCCCCC(=O)O.Cc1cc(C(=O)O)c(C)c([N+](=O)[O-])c1.Cc1cc(C(=O)O)c(C)c([N+](=O)[O-])c1.Cc1ccc(C(=O)O)cc1.Cc1ccc(C(=O)O)cc1[N+](=O)[O-].Cc1cccc(C(=O)O)c1.Cc1ccccc1C(=O)O. The van der Waals surface area contributed by atoms with E-state index in [0.29, 0.717) is 39.8 Å². The molecule has 6 aromatic carbocycles. The predicted octanol–water partition coefficient (Wildman–Crippen LogP) is 15.5. The third-order valence-electron chi connectivity index (χ3n) is 12.2. The summed E-state index contributed by atoms with van der Waals surface area (Å²) in [6, 6.07) is 29.9. The number of nitro benzene ring substituents is 3. The van der Waals surface area contributed by atoms with Crippen LogP contribution in [-0.4, -0.2) is 92.3 Å². The zero-order chi connectivity index (χ0) is 65.8. The van der Waals surface area contributed by atoms with Crippen LogP contribution in [0, 0.1) is 85.7 Å². The maximum atomic E-state index is 10.7. The maximum absolute atomic E-state index is 10.7. The van der Waals surface area contributed by atoms with Crippen molar-refractivity contribution in [3.8, 4) is 0 Å². The van der Waals surface area contributed by atoms with E-state index in [4.69, 9.17) is 35.7 Å². The number of nitro groups is 3. The highest BCUT2D eigenvalue weighted by Crippen LogP contribution is 2.25. The normalized spacial score (nSPS) is 9.62. The van der Waals surface area contributed by atoms with Crippen LogP contribution in [0.15, 0.2) is 115 Å². The molecular weight excluding hydrogens is 1130 g/mol. The van der Waals surface area contributed by atoms with E-state index < -0.39 is 56.6 Å². The van der Waals surface area contributed by atoms with Crippen molar-refractivity contribution in [2.45, 2.75) is 140 Å². The monoisotopic (exact) mass is 1210 g/mol. The molecule has 7 N–H and O–H groups in total. The summed E-state index contributed by atoms with van der Waals surface area (Å²) < 4.78 is 0. The average molecular weight is 1210 g/mol. The molecule has 0 unspecified atom stereocenters. The summed E-state index contributed by atoms with van der Waals surface area (Å²) in [7, 11) is 0. The van der Waals surface area contributed by atoms with Gasteiger partial charge in [0.15, 0.2) is 0 Å². The number of rotatable bonds is 20. The lowest BCUT2D eigenvalue weighted by Crippen LogP contribution is -2.03. The van der Waals surface area contributed by atoms with Crippen LogP contribution in [0.2, 0.25) is 0 Å². The van der Waals surface area contributed by atoms with Crippen LogP contribution in [0.3, 0.4) is 0 Å². The molecule has 0 spiro atoms. The number of aryl methyl sites for hydroxylation is 6. The number of unbranched alkanes of at least 4 members (excludes halogenated alkanes) is 9. The van der Waals surface area contributed by atoms with E-state index in [2.05, 4.69) is 6.92 Å². The largest absolute Gasteiger partial charge is 0.481 e. The number of hydrogen-bond donors (Lipinski definition) is 7. The maximum Gasteiger partial charge on any atom is 0.336 e. The molecule has 0 aliphatic rings. The first-order chi connectivity index (χ1) is 40.3. The molecule has 0 aliphatic heterocycles. The van der Waals surface area contributed by atoms with Gasteiger partial charge in [-0.05, 0) is 127 Å². The van der Waals surface area contributed by atoms with Gasteiger partial charge in [-0.3, -0.25) is 35.1 Å². The van der Waals surface area contributed by atoms with Crippen LogP contribution < -0.4 is 0 Å². The van der Waals surface area contributed by atoms with E-state index in [1.165, 1.54) is 102 Å². The molecule has 23 nitrogen and oxygen atoms in total. The highest BCUT2D eigenvalue weighted by molar-refractivity contribution is 5.92. The summed E-state index contributed by atoms with van der Waals surface area (Å²) in [5.41, 5.74) is 5.30. The number of benzene rings is 6. The fourth-order valence-corrected chi connectivity index (χ4v) is 7.49. The van der Waals surface area contributed by atoms with Crippen LogP contribution in [-0.2, 0) is 4.79 Å². The number of nitrogens with zero attached hydrogens (tertiary/aromatic N) is 3. The molecule has 0 aliphatic carbocycles. The molecule has 0 fully saturated rings. The summed E-state index contributed by atoms with van der Waals surface area (Å²) in [5, 5.41) is 91.6. The smallest absolute Gasteiger partial charge is 0.336 e. The van der Waals surface area contributed by atoms with Crippen LogP contribution in [0.4, 0.5) is 17.1 Å². The molecule has 0 radical (unpaired) electrons. The van der Waals surface area contributed by atoms with Crippen molar-refractivity contribution in [1.29, 1.82) is 0 Å². The minimum absolute atomic E-state index is 0. The van der Waals surface area contributed by atoms with Gasteiger partial charge in [-0.1, -0.05) is 132 Å². The van der Waals surface area contributed by atoms with Crippen LogP contribution in [0.25, 0.3) is 0 Å². The van der Waals surface area contributed by atoms with Gasteiger partial charge in [-0.15, -0.1) is 0 Å². The van der Waals surface area contributed by atoms with Crippen molar-refractivity contribution in [1.82, 2.24) is 0 Å². The fourth-order valence-electron chi connectivity index (χ4n) is 7.49. The zero-order valence-electron chi connectivity index (χ0n) is 49.5. The molecule has 0 heterocycles. The van der Waals surface area contributed by atoms with Gasteiger partial charge in [0.2, 0.25) is 0 Å². The number of aromatic carboxylic acids is 6. The number of carboxylic acid groups (broad SMARTS) is 7. The third-order valence-corrected chi connectivity index (χ3v) is 12.2. The molecule has 0 aromatic heterocycles. The van der Waals surface area contributed by atoms with Gasteiger partial charge >= 0.3 is 41.8 Å². The molecule has 470 valence electrons. The molecule has 6 aromatic rings. The number of hydrogen-bond acceptors (Lipinski definition) is 13. The molecule has 0 atom stereocenters. The van der Waals surface area contributed by atoms with E-state index in [1.807, 2.05) is 26.0 Å². The highest BCUT2D eigenvalue weighted by Gasteiger charge is 2.20. The summed E-state index contributed by atoms with van der Waals surface area (Å²) >= 11 is 0. The second-order valence-electron chi connectivity index (χ2n) is 19.4. The molecule has 0 saturated heterocycles. The molecule has 0 amide bonds. The van der Waals surface area contributed by atoms with E-state index in [-0.39, 0.29) is 52.3 Å². The number of aliphatic carboxylic acids is 1. The third kappa shape index (κ3) is 31.9. The van der Waals surface area contributed by atoms with E-state index in [0.717, 1.165) is 35.6 Å². The molecule has 0 saturated carbocycles. The van der Waals surface area contributed by atoms with Gasteiger partial charge in [0.05, 0.1) is 48.2 Å². The second-order valence-corrected chi connectivity index (χ2v) is 19.4. The minimum Gasteiger partial charge on any atom is -0.481 e. The lowest BCUT2D eigenvalue weighted by atomic mass is 10.0. The Kier molecular flexibility index (Phi) is 37.9. The zero-order valence-corrected chi connectivity index (χ0v) is 49.5. The molecule has 87 heavy (non-hydrogen) atoms. The number of carbonyl (C=O) groups is 7. The van der Waals surface area contributed by atoms with Crippen molar-refractivity contribution in [2.75, 3.05) is 0 Å². The summed E-state index contributed by atoms with van der Waals surface area (Å²) in [4.78, 5) is 103. The lowest BCUT2D eigenvalue weighted by molar-refractivity contribution is -0.385. The highest BCUT2D eigenvalue weighted by atomic mass is 16.6. The average Bonchev–Trinajstić information content (AvgIpc) is 1.62. The van der Waals surface area contributed by atoms with Crippen molar-refractivity contribution in [3.63, 3.8) is 0 Å².